The lowest BCUT2D eigenvalue weighted by atomic mass is 10.1. The summed E-state index contributed by atoms with van der Waals surface area (Å²) in [5, 5.41) is 23.5. The van der Waals surface area contributed by atoms with Gasteiger partial charge in [-0.25, -0.2) is 0 Å². The Morgan fingerprint density at radius 2 is 2.21 bits per heavy atom. The third-order valence-corrected chi connectivity index (χ3v) is 4.13. The van der Waals surface area contributed by atoms with Crippen LogP contribution in [0.5, 0.6) is 0 Å². The van der Waals surface area contributed by atoms with E-state index in [-0.39, 0.29) is 18.5 Å². The predicted molar refractivity (Wildman–Crippen MR) is 95.3 cm³/mol. The Morgan fingerprint density at radius 3 is 2.86 bits per heavy atom. The van der Waals surface area contributed by atoms with Crippen LogP contribution in [0.25, 0.3) is 0 Å². The molecule has 0 aromatic carbocycles. The Bertz CT molecular complexity index is 775. The summed E-state index contributed by atoms with van der Waals surface area (Å²) in [6, 6.07) is 0. The van der Waals surface area contributed by atoms with E-state index in [1.54, 1.807) is 16.7 Å². The van der Waals surface area contributed by atoms with Crippen LogP contribution in [0.4, 0.5) is 0 Å². The molecule has 1 fully saturated rings. The molecule has 28 heavy (non-hydrogen) atoms. The van der Waals surface area contributed by atoms with E-state index in [2.05, 4.69) is 20.5 Å². The first-order chi connectivity index (χ1) is 13.5. The van der Waals surface area contributed by atoms with E-state index < -0.39 is 0 Å². The average molecular weight is 395 g/mol. The minimum Gasteiger partial charge on any atom is -0.483 e. The lowest BCUT2D eigenvalue weighted by Gasteiger charge is -2.31. The number of methoxy groups -OCH3 is 1. The second kappa shape index (κ2) is 10.5. The molecule has 1 unspecified atom stereocenters. The number of amides is 1. The van der Waals surface area contributed by atoms with Gasteiger partial charge in [0.15, 0.2) is 0 Å². The molecule has 0 aliphatic carbocycles. The molecule has 0 bridgehead atoms. The van der Waals surface area contributed by atoms with Gasteiger partial charge in [-0.1, -0.05) is 0 Å². The molecule has 0 saturated carbocycles. The topological polar surface area (TPSA) is 137 Å². The molecule has 1 aliphatic heterocycles. The van der Waals surface area contributed by atoms with Gasteiger partial charge >= 0.3 is 0 Å². The van der Waals surface area contributed by atoms with E-state index in [0.29, 0.717) is 45.1 Å². The molecule has 1 amide bonds. The minimum atomic E-state index is -0.357. The van der Waals surface area contributed by atoms with Crippen LogP contribution in [0.3, 0.4) is 0 Å². The molecule has 0 spiro atoms. The van der Waals surface area contributed by atoms with Crippen LogP contribution in [0.15, 0.2) is 6.20 Å². The molecule has 154 valence electrons. The number of carboxylic acid groups (broad SMARTS) is 1. The Morgan fingerprint density at radius 1 is 1.46 bits per heavy atom. The van der Waals surface area contributed by atoms with Crippen molar-refractivity contribution in [3.63, 3.8) is 0 Å². The molecule has 0 radical (unpaired) electrons. The van der Waals surface area contributed by atoms with Gasteiger partial charge in [0.25, 0.3) is 6.47 Å². The van der Waals surface area contributed by atoms with Crippen molar-refractivity contribution in [3.8, 4) is 0 Å². The van der Waals surface area contributed by atoms with Crippen molar-refractivity contribution in [3.05, 3.63) is 23.3 Å². The van der Waals surface area contributed by atoms with Crippen LogP contribution in [0.2, 0.25) is 0 Å². The molecular weight excluding hydrogens is 370 g/mol. The summed E-state index contributed by atoms with van der Waals surface area (Å²) < 4.78 is 12.4. The molecule has 1 aliphatic rings. The zero-order valence-electron chi connectivity index (χ0n) is 16.2. The van der Waals surface area contributed by atoms with Crippen LogP contribution in [-0.4, -0.2) is 85.8 Å². The lowest BCUT2D eigenvalue weighted by Crippen LogP contribution is -2.43. The Hall–Kier alpha value is -2.86. The van der Waals surface area contributed by atoms with Crippen molar-refractivity contribution in [1.82, 2.24) is 34.9 Å². The maximum Gasteiger partial charge on any atom is 0.290 e. The first kappa shape index (κ1) is 21.4. The summed E-state index contributed by atoms with van der Waals surface area (Å²) in [5.41, 5.74) is 1.82. The molecular formula is C16H25N7O5. The third kappa shape index (κ3) is 5.82. The van der Waals surface area contributed by atoms with Crippen molar-refractivity contribution < 1.29 is 24.2 Å². The normalized spacial score (nSPS) is 16.4. The number of carbonyl (C=O) groups excluding carboxylic acids is 1. The van der Waals surface area contributed by atoms with E-state index >= 15 is 0 Å². The van der Waals surface area contributed by atoms with E-state index in [0.717, 1.165) is 11.3 Å². The van der Waals surface area contributed by atoms with E-state index in [4.69, 9.17) is 19.4 Å². The van der Waals surface area contributed by atoms with Crippen molar-refractivity contribution >= 4 is 12.4 Å². The number of rotatable bonds is 6. The average Bonchev–Trinajstić information content (AvgIpc) is 3.27. The predicted octanol–water partition coefficient (Wildman–Crippen LogP) is -0.795. The Balaban J connectivity index is 0.000000878. The number of tetrazole rings is 1. The molecule has 2 aromatic heterocycles. The number of hydrogen-bond acceptors (Lipinski definition) is 8. The number of hydrogen-bond donors (Lipinski definition) is 1. The molecule has 1 atom stereocenters. The van der Waals surface area contributed by atoms with Gasteiger partial charge in [0.1, 0.15) is 6.10 Å². The van der Waals surface area contributed by atoms with Gasteiger partial charge in [0.05, 0.1) is 38.4 Å². The number of aromatic nitrogens is 6. The number of carbonyl (C=O) groups is 2. The summed E-state index contributed by atoms with van der Waals surface area (Å²) in [5.74, 6) is 0.544. The van der Waals surface area contributed by atoms with Gasteiger partial charge in [-0.3, -0.25) is 14.3 Å². The van der Waals surface area contributed by atoms with Crippen LogP contribution in [0, 0.1) is 6.92 Å². The van der Waals surface area contributed by atoms with Gasteiger partial charge in [-0.05, 0) is 12.1 Å². The first-order valence-electron chi connectivity index (χ1n) is 8.71. The fourth-order valence-electron chi connectivity index (χ4n) is 2.78. The highest BCUT2D eigenvalue weighted by atomic mass is 16.5. The van der Waals surface area contributed by atoms with Crippen molar-refractivity contribution in [2.24, 2.45) is 7.05 Å². The second-order valence-corrected chi connectivity index (χ2v) is 6.13. The van der Waals surface area contributed by atoms with Crippen LogP contribution < -0.4 is 0 Å². The standard InChI is InChI=1S/C15H23N7O3.CH2O2/c1-11-12(9-20(2)17-11)8-14(23)21-4-7-25-13(10-21)15-16-19-22(18-15)5-6-24-3;2-1-3/h9,13H,4-8,10H2,1-3H3;1H,(H,2,3). The fraction of sp³-hybridized carbons (Fsp3) is 0.625. The highest BCUT2D eigenvalue weighted by Crippen LogP contribution is 2.19. The Labute approximate surface area is 162 Å². The number of morpholine rings is 1. The quantitative estimate of drug-likeness (QED) is 0.623. The number of nitrogens with zero attached hydrogens (tertiary/aromatic N) is 7. The number of aryl methyl sites for hydroxylation is 2. The maximum atomic E-state index is 12.6. The molecule has 12 nitrogen and oxygen atoms in total. The Kier molecular flexibility index (Phi) is 8.02. The number of ether oxygens (including phenoxy) is 2. The summed E-state index contributed by atoms with van der Waals surface area (Å²) in [4.78, 5) is 24.2. The zero-order chi connectivity index (χ0) is 20.5. The molecule has 3 heterocycles. The van der Waals surface area contributed by atoms with Gasteiger partial charge in [-0.2, -0.15) is 9.90 Å². The van der Waals surface area contributed by atoms with Crippen molar-refractivity contribution in [2.75, 3.05) is 33.4 Å². The highest BCUT2D eigenvalue weighted by molar-refractivity contribution is 5.79. The molecule has 12 heteroatoms. The summed E-state index contributed by atoms with van der Waals surface area (Å²) in [7, 11) is 3.47. The van der Waals surface area contributed by atoms with Crippen LogP contribution in [0.1, 0.15) is 23.2 Å². The second-order valence-electron chi connectivity index (χ2n) is 6.13. The first-order valence-corrected chi connectivity index (χ1v) is 8.71. The highest BCUT2D eigenvalue weighted by Gasteiger charge is 2.28. The largest absolute Gasteiger partial charge is 0.483 e. The molecule has 1 N–H and O–H groups in total. The van der Waals surface area contributed by atoms with E-state index in [1.165, 1.54) is 4.80 Å². The van der Waals surface area contributed by atoms with Crippen molar-refractivity contribution in [1.29, 1.82) is 0 Å². The zero-order valence-corrected chi connectivity index (χ0v) is 16.2. The van der Waals surface area contributed by atoms with E-state index in [1.807, 2.05) is 20.2 Å². The lowest BCUT2D eigenvalue weighted by molar-refractivity contribution is -0.138. The molecule has 1 saturated heterocycles. The smallest absolute Gasteiger partial charge is 0.290 e. The van der Waals surface area contributed by atoms with Gasteiger partial charge in [0, 0.05) is 32.5 Å². The van der Waals surface area contributed by atoms with Gasteiger partial charge in [0.2, 0.25) is 11.7 Å². The van der Waals surface area contributed by atoms with Crippen LogP contribution in [-0.2, 0) is 39.1 Å². The monoisotopic (exact) mass is 395 g/mol. The van der Waals surface area contributed by atoms with Crippen molar-refractivity contribution in [2.45, 2.75) is 26.0 Å². The van der Waals surface area contributed by atoms with E-state index in [9.17, 15) is 4.79 Å². The van der Waals surface area contributed by atoms with Crippen LogP contribution >= 0.6 is 0 Å². The SMILES string of the molecule is COCCn1nnc(C2CN(C(=O)Cc3cn(C)nc3C)CCO2)n1.O=CO. The summed E-state index contributed by atoms with van der Waals surface area (Å²) >= 11 is 0. The molecule has 2 aromatic rings. The summed E-state index contributed by atoms with van der Waals surface area (Å²) in [6.07, 6.45) is 1.86. The molecule has 3 rings (SSSR count). The minimum absolute atomic E-state index is 0.0520. The summed E-state index contributed by atoms with van der Waals surface area (Å²) in [6.45, 7) is 4.14. The fourth-order valence-corrected chi connectivity index (χ4v) is 2.78. The van der Waals surface area contributed by atoms with Gasteiger partial charge < -0.3 is 19.5 Å². The third-order valence-electron chi connectivity index (χ3n) is 4.13. The van der Waals surface area contributed by atoms with Gasteiger partial charge in [-0.15, -0.1) is 10.2 Å². The maximum absolute atomic E-state index is 12.6.